The molecule has 158 valence electrons. The van der Waals surface area contributed by atoms with Crippen molar-refractivity contribution in [1.29, 1.82) is 0 Å². The first-order chi connectivity index (χ1) is 13.5. The molecule has 9 heteroatoms. The topological polar surface area (TPSA) is 86.4 Å². The molecule has 0 saturated carbocycles. The van der Waals surface area contributed by atoms with Gasteiger partial charge in [-0.25, -0.2) is 4.99 Å². The van der Waals surface area contributed by atoms with Crippen LogP contribution < -0.4 is 5.32 Å². The lowest BCUT2D eigenvalue weighted by atomic mass is 10.3. The smallest absolute Gasteiger partial charge is 0.243 e. The van der Waals surface area contributed by atoms with Crippen molar-refractivity contribution < 1.29 is 14.1 Å². The van der Waals surface area contributed by atoms with Crippen molar-refractivity contribution in [3.8, 4) is 0 Å². The molecule has 2 rings (SSSR count). The second kappa shape index (κ2) is 11.7. The summed E-state index contributed by atoms with van der Waals surface area (Å²) in [4.78, 5) is 22.6. The monoisotopic (exact) mass is 394 g/mol. The first-order valence-corrected chi connectivity index (χ1v) is 9.95. The maximum absolute atomic E-state index is 11.9. The van der Waals surface area contributed by atoms with Gasteiger partial charge in [0.05, 0.1) is 5.69 Å². The van der Waals surface area contributed by atoms with E-state index in [4.69, 9.17) is 9.26 Å². The molecule has 1 fully saturated rings. The number of aromatic nitrogens is 1. The molecule has 1 N–H and O–H groups in total. The second-order valence-electron chi connectivity index (χ2n) is 7.10. The second-order valence-corrected chi connectivity index (χ2v) is 7.10. The number of aliphatic imine (C=N–C) groups is 1. The van der Waals surface area contributed by atoms with Gasteiger partial charge in [0.1, 0.15) is 12.3 Å². The predicted octanol–water partition coefficient (Wildman–Crippen LogP) is 0.561. The molecule has 1 aromatic rings. The molecule has 1 aromatic heterocycles. The largest absolute Gasteiger partial charge is 0.382 e. The molecule has 9 nitrogen and oxygen atoms in total. The summed E-state index contributed by atoms with van der Waals surface area (Å²) in [6.07, 6.45) is 0.903. The summed E-state index contributed by atoms with van der Waals surface area (Å²) < 4.78 is 10.5. The van der Waals surface area contributed by atoms with Crippen LogP contribution in [-0.4, -0.2) is 98.3 Å². The maximum Gasteiger partial charge on any atom is 0.243 e. The Balaban J connectivity index is 1.87. The van der Waals surface area contributed by atoms with Crippen LogP contribution in [0.25, 0.3) is 0 Å². The van der Waals surface area contributed by atoms with E-state index in [0.29, 0.717) is 0 Å². The van der Waals surface area contributed by atoms with E-state index in [1.807, 2.05) is 19.9 Å². The zero-order valence-electron chi connectivity index (χ0n) is 17.6. The summed E-state index contributed by atoms with van der Waals surface area (Å²) in [5.41, 5.74) is 0.963. The third-order valence-corrected chi connectivity index (χ3v) is 4.55. The molecule has 1 saturated heterocycles. The summed E-state index contributed by atoms with van der Waals surface area (Å²) in [6, 6.07) is 1.98. The molecule has 2 heterocycles. The van der Waals surface area contributed by atoms with Gasteiger partial charge >= 0.3 is 0 Å². The Morgan fingerprint density at radius 2 is 2.11 bits per heavy atom. The normalized spacial score (nSPS) is 15.7. The fraction of sp³-hybridized carbons (Fsp3) is 0.737. The number of nitrogens with zero attached hydrogens (tertiary/aromatic N) is 5. The molecular weight excluding hydrogens is 360 g/mol. The van der Waals surface area contributed by atoms with Crippen molar-refractivity contribution in [2.75, 3.05) is 66.6 Å². The van der Waals surface area contributed by atoms with E-state index in [1.54, 1.807) is 19.0 Å². The third-order valence-electron chi connectivity index (χ3n) is 4.55. The molecule has 0 aliphatic carbocycles. The van der Waals surface area contributed by atoms with Crippen LogP contribution in [0.5, 0.6) is 0 Å². The van der Waals surface area contributed by atoms with Gasteiger partial charge in [-0.05, 0) is 20.3 Å². The number of carbonyl (C=O) groups is 1. The minimum absolute atomic E-state index is 0.00588. The minimum Gasteiger partial charge on any atom is -0.382 e. The summed E-state index contributed by atoms with van der Waals surface area (Å²) in [6.45, 7) is 10.6. The van der Waals surface area contributed by atoms with Crippen molar-refractivity contribution in [1.82, 2.24) is 25.2 Å². The molecule has 0 atom stereocenters. The molecule has 1 amide bonds. The molecule has 0 aromatic carbocycles. The Bertz CT molecular complexity index is 623. The average Bonchev–Trinajstić information content (AvgIpc) is 3.09. The van der Waals surface area contributed by atoms with Gasteiger partial charge in [0.2, 0.25) is 5.91 Å². The number of carbonyl (C=O) groups excluding carboxylic acids is 1. The van der Waals surface area contributed by atoms with Crippen LogP contribution >= 0.6 is 0 Å². The molecule has 0 bridgehead atoms. The van der Waals surface area contributed by atoms with Gasteiger partial charge in [-0.2, -0.15) is 0 Å². The maximum atomic E-state index is 11.9. The van der Waals surface area contributed by atoms with Crippen LogP contribution in [0.3, 0.4) is 0 Å². The lowest BCUT2D eigenvalue weighted by Crippen LogP contribution is -2.52. The highest BCUT2D eigenvalue weighted by molar-refractivity contribution is 5.84. The van der Waals surface area contributed by atoms with Gasteiger partial charge in [-0.1, -0.05) is 5.16 Å². The number of guanidine groups is 1. The zero-order chi connectivity index (χ0) is 20.4. The highest BCUT2D eigenvalue weighted by atomic mass is 16.5. The number of nitrogens with one attached hydrogen (secondary N) is 1. The number of piperazine rings is 1. The molecule has 0 spiro atoms. The predicted molar refractivity (Wildman–Crippen MR) is 108 cm³/mol. The number of aryl methyl sites for hydroxylation is 1. The highest BCUT2D eigenvalue weighted by Crippen LogP contribution is 2.09. The van der Waals surface area contributed by atoms with E-state index < -0.39 is 0 Å². The molecule has 1 aliphatic rings. The van der Waals surface area contributed by atoms with Gasteiger partial charge in [0, 0.05) is 72.6 Å². The van der Waals surface area contributed by atoms with E-state index in [9.17, 15) is 4.79 Å². The number of ether oxygens (including phenoxy) is 1. The summed E-state index contributed by atoms with van der Waals surface area (Å²) in [5, 5.41) is 7.46. The van der Waals surface area contributed by atoms with Gasteiger partial charge in [-0.3, -0.25) is 9.69 Å². The van der Waals surface area contributed by atoms with Crippen LogP contribution in [0.1, 0.15) is 24.8 Å². The van der Waals surface area contributed by atoms with Crippen molar-refractivity contribution in [3.05, 3.63) is 17.5 Å². The lowest BCUT2D eigenvalue weighted by Gasteiger charge is -2.36. The quantitative estimate of drug-likeness (QED) is 0.372. The van der Waals surface area contributed by atoms with Gasteiger partial charge in [0.25, 0.3) is 0 Å². The van der Waals surface area contributed by atoms with Crippen molar-refractivity contribution in [3.63, 3.8) is 0 Å². The average molecular weight is 395 g/mol. The first-order valence-electron chi connectivity index (χ1n) is 9.95. The van der Waals surface area contributed by atoms with Crippen LogP contribution in [0.4, 0.5) is 0 Å². The third kappa shape index (κ3) is 7.47. The number of likely N-dealkylation sites (N-methyl/N-ethyl adjacent to an activating group) is 1. The summed E-state index contributed by atoms with van der Waals surface area (Å²) in [5.74, 6) is 1.63. The Hall–Kier alpha value is -2.13. The van der Waals surface area contributed by atoms with Crippen molar-refractivity contribution >= 4 is 11.9 Å². The van der Waals surface area contributed by atoms with E-state index >= 15 is 0 Å². The Labute approximate surface area is 167 Å². The van der Waals surface area contributed by atoms with E-state index in [-0.39, 0.29) is 12.5 Å². The lowest BCUT2D eigenvalue weighted by molar-refractivity contribution is -0.127. The highest BCUT2D eigenvalue weighted by Gasteiger charge is 2.21. The van der Waals surface area contributed by atoms with Crippen LogP contribution in [-0.2, 0) is 16.1 Å². The molecule has 0 unspecified atom stereocenters. The SMILES string of the molecule is CCOCCCNC(=NCC(=O)N(C)C)N1CCN(Cc2cc(C)on2)CC1. The Morgan fingerprint density at radius 3 is 2.71 bits per heavy atom. The minimum atomic E-state index is -0.00588. The fourth-order valence-corrected chi connectivity index (χ4v) is 2.91. The van der Waals surface area contributed by atoms with Crippen molar-refractivity contribution in [2.24, 2.45) is 4.99 Å². The number of hydrogen-bond donors (Lipinski definition) is 1. The van der Waals surface area contributed by atoms with Crippen LogP contribution in [0, 0.1) is 6.92 Å². The van der Waals surface area contributed by atoms with Gasteiger partial charge in [0.15, 0.2) is 5.96 Å². The number of hydrogen-bond acceptors (Lipinski definition) is 6. The number of rotatable bonds is 9. The van der Waals surface area contributed by atoms with Gasteiger partial charge in [-0.15, -0.1) is 0 Å². The molecule has 28 heavy (non-hydrogen) atoms. The number of amides is 1. The van der Waals surface area contributed by atoms with E-state index in [0.717, 1.165) is 76.3 Å². The van der Waals surface area contributed by atoms with E-state index in [2.05, 4.69) is 25.3 Å². The van der Waals surface area contributed by atoms with Crippen molar-refractivity contribution in [2.45, 2.75) is 26.8 Å². The zero-order valence-corrected chi connectivity index (χ0v) is 17.6. The Kier molecular flexibility index (Phi) is 9.22. The first kappa shape index (κ1) is 22.2. The summed E-state index contributed by atoms with van der Waals surface area (Å²) in [7, 11) is 3.49. The molecule has 0 radical (unpaired) electrons. The Morgan fingerprint density at radius 1 is 1.36 bits per heavy atom. The molecular formula is C19H34N6O3. The van der Waals surface area contributed by atoms with Crippen LogP contribution in [0.2, 0.25) is 0 Å². The van der Waals surface area contributed by atoms with E-state index in [1.165, 1.54) is 0 Å². The fourth-order valence-electron chi connectivity index (χ4n) is 2.91. The molecule has 1 aliphatic heterocycles. The van der Waals surface area contributed by atoms with Gasteiger partial charge < -0.3 is 24.4 Å². The standard InChI is InChI=1S/C19H34N6O3/c1-5-27-12-6-7-20-19(21-14-18(26)23(3)4)25-10-8-24(9-11-25)15-17-13-16(2)28-22-17/h13H,5-12,14-15H2,1-4H3,(H,20,21). The van der Waals surface area contributed by atoms with Crippen LogP contribution in [0.15, 0.2) is 15.6 Å². The summed E-state index contributed by atoms with van der Waals surface area (Å²) >= 11 is 0.